The predicted octanol–water partition coefficient (Wildman–Crippen LogP) is -0.0436. The van der Waals surface area contributed by atoms with Gasteiger partial charge in [0.1, 0.15) is 0 Å². The molecule has 0 aliphatic carbocycles. The first-order chi connectivity index (χ1) is 5.79. The Kier molecular flexibility index (Phi) is 4.58. The van der Waals surface area contributed by atoms with Gasteiger partial charge in [-0.1, -0.05) is 0 Å². The number of aliphatic hydroxyl groups is 1. The minimum absolute atomic E-state index is 0.221. The van der Waals surface area contributed by atoms with E-state index in [4.69, 9.17) is 5.11 Å². The molecule has 0 saturated carbocycles. The Balaban J connectivity index is 1.98. The predicted molar refractivity (Wildman–Crippen MR) is 50.1 cm³/mol. The highest BCUT2D eigenvalue weighted by atomic mass is 16.3. The van der Waals surface area contributed by atoms with Crippen LogP contribution in [0.25, 0.3) is 0 Å². The third-order valence-electron chi connectivity index (χ3n) is 2.27. The van der Waals surface area contributed by atoms with Crippen LogP contribution in [0.1, 0.15) is 19.8 Å². The Bertz CT molecular complexity index is 111. The van der Waals surface area contributed by atoms with Crippen molar-refractivity contribution in [1.29, 1.82) is 0 Å². The van der Waals surface area contributed by atoms with Gasteiger partial charge in [-0.25, -0.2) is 0 Å². The fraction of sp³-hybridized carbons (Fsp3) is 1.00. The molecule has 12 heavy (non-hydrogen) atoms. The van der Waals surface area contributed by atoms with Crippen molar-refractivity contribution in [3.05, 3.63) is 0 Å². The second kappa shape index (κ2) is 5.51. The highest BCUT2D eigenvalue weighted by molar-refractivity contribution is 4.71. The summed E-state index contributed by atoms with van der Waals surface area (Å²) in [5, 5.41) is 15.6. The van der Waals surface area contributed by atoms with E-state index >= 15 is 0 Å². The van der Waals surface area contributed by atoms with E-state index in [-0.39, 0.29) is 6.10 Å². The lowest BCUT2D eigenvalue weighted by molar-refractivity contribution is 0.187. The van der Waals surface area contributed by atoms with E-state index in [0.29, 0.717) is 0 Å². The Morgan fingerprint density at radius 1 is 1.67 bits per heavy atom. The number of piperidine rings is 1. The zero-order valence-corrected chi connectivity index (χ0v) is 7.84. The zero-order chi connectivity index (χ0) is 8.81. The third-order valence-corrected chi connectivity index (χ3v) is 2.27. The van der Waals surface area contributed by atoms with E-state index in [1.165, 1.54) is 19.4 Å². The minimum Gasteiger partial charge on any atom is -0.392 e. The summed E-state index contributed by atoms with van der Waals surface area (Å²) in [5.41, 5.74) is 0. The average molecular weight is 172 g/mol. The van der Waals surface area contributed by atoms with Crippen LogP contribution in [0, 0.1) is 5.92 Å². The summed E-state index contributed by atoms with van der Waals surface area (Å²) in [7, 11) is 0. The first kappa shape index (κ1) is 9.96. The SMILES string of the molecule is C[C@@H](O)CNC[C@@H]1CCCNC1. The van der Waals surface area contributed by atoms with E-state index in [9.17, 15) is 0 Å². The van der Waals surface area contributed by atoms with Gasteiger partial charge in [-0.05, 0) is 45.3 Å². The van der Waals surface area contributed by atoms with Crippen molar-refractivity contribution >= 4 is 0 Å². The van der Waals surface area contributed by atoms with Crippen molar-refractivity contribution in [1.82, 2.24) is 10.6 Å². The standard InChI is InChI=1S/C9H20N2O/c1-8(12)5-11-7-9-3-2-4-10-6-9/h8-12H,2-7H2,1H3/t8-,9-/m1/s1. The molecule has 0 bridgehead atoms. The second-order valence-electron chi connectivity index (χ2n) is 3.72. The van der Waals surface area contributed by atoms with Crippen molar-refractivity contribution in [3.8, 4) is 0 Å². The zero-order valence-electron chi connectivity index (χ0n) is 7.84. The fourth-order valence-corrected chi connectivity index (χ4v) is 1.59. The number of nitrogens with one attached hydrogen (secondary N) is 2. The number of rotatable bonds is 4. The highest BCUT2D eigenvalue weighted by Gasteiger charge is 2.11. The molecule has 1 rings (SSSR count). The smallest absolute Gasteiger partial charge is 0.0636 e. The normalized spacial score (nSPS) is 27.0. The van der Waals surface area contributed by atoms with Crippen LogP contribution in [-0.2, 0) is 0 Å². The summed E-state index contributed by atoms with van der Waals surface area (Å²) in [6, 6.07) is 0. The van der Waals surface area contributed by atoms with Gasteiger partial charge in [0, 0.05) is 6.54 Å². The fourth-order valence-electron chi connectivity index (χ4n) is 1.59. The molecule has 1 saturated heterocycles. The maximum Gasteiger partial charge on any atom is 0.0636 e. The molecule has 72 valence electrons. The maximum atomic E-state index is 9.00. The molecule has 1 heterocycles. The molecule has 0 radical (unpaired) electrons. The molecule has 0 aromatic rings. The third kappa shape index (κ3) is 4.04. The molecule has 0 aromatic carbocycles. The van der Waals surface area contributed by atoms with Gasteiger partial charge >= 0.3 is 0 Å². The molecule has 0 aromatic heterocycles. The van der Waals surface area contributed by atoms with Crippen LogP contribution in [-0.4, -0.2) is 37.4 Å². The number of aliphatic hydroxyl groups excluding tert-OH is 1. The van der Waals surface area contributed by atoms with E-state index in [0.717, 1.165) is 25.6 Å². The molecular weight excluding hydrogens is 152 g/mol. The molecule has 1 aliphatic rings. The van der Waals surface area contributed by atoms with Gasteiger partial charge < -0.3 is 15.7 Å². The van der Waals surface area contributed by atoms with Crippen molar-refractivity contribution in [3.63, 3.8) is 0 Å². The lowest BCUT2D eigenvalue weighted by Gasteiger charge is -2.23. The van der Waals surface area contributed by atoms with E-state index in [1.54, 1.807) is 0 Å². The molecule has 3 heteroatoms. The topological polar surface area (TPSA) is 44.3 Å². The molecule has 1 fully saturated rings. The van der Waals surface area contributed by atoms with Crippen molar-refractivity contribution in [2.45, 2.75) is 25.9 Å². The maximum absolute atomic E-state index is 9.00. The molecule has 0 unspecified atom stereocenters. The highest BCUT2D eigenvalue weighted by Crippen LogP contribution is 2.07. The molecule has 1 aliphatic heterocycles. The Hall–Kier alpha value is -0.120. The van der Waals surface area contributed by atoms with Gasteiger partial charge in [-0.3, -0.25) is 0 Å². The van der Waals surface area contributed by atoms with Crippen LogP contribution in [0.2, 0.25) is 0 Å². The Morgan fingerprint density at radius 3 is 3.08 bits per heavy atom. The molecule has 2 atom stereocenters. The summed E-state index contributed by atoms with van der Waals surface area (Å²) >= 11 is 0. The van der Waals surface area contributed by atoms with Crippen molar-refractivity contribution < 1.29 is 5.11 Å². The monoisotopic (exact) mass is 172 g/mol. The molecule has 0 spiro atoms. The summed E-state index contributed by atoms with van der Waals surface area (Å²) in [5.74, 6) is 0.762. The molecule has 3 nitrogen and oxygen atoms in total. The van der Waals surface area contributed by atoms with Gasteiger partial charge in [0.25, 0.3) is 0 Å². The average Bonchev–Trinajstić information content (AvgIpc) is 2.05. The van der Waals surface area contributed by atoms with E-state index < -0.39 is 0 Å². The lowest BCUT2D eigenvalue weighted by Crippen LogP contribution is -2.37. The minimum atomic E-state index is -0.221. The van der Waals surface area contributed by atoms with Gasteiger partial charge in [-0.2, -0.15) is 0 Å². The molecular formula is C9H20N2O. The van der Waals surface area contributed by atoms with Gasteiger partial charge in [0.05, 0.1) is 6.10 Å². The van der Waals surface area contributed by atoms with Crippen LogP contribution >= 0.6 is 0 Å². The largest absolute Gasteiger partial charge is 0.392 e. The van der Waals surface area contributed by atoms with Gasteiger partial charge in [-0.15, -0.1) is 0 Å². The van der Waals surface area contributed by atoms with Crippen molar-refractivity contribution in [2.24, 2.45) is 5.92 Å². The Morgan fingerprint density at radius 2 is 2.50 bits per heavy atom. The van der Waals surface area contributed by atoms with Gasteiger partial charge in [0.15, 0.2) is 0 Å². The summed E-state index contributed by atoms with van der Waals surface area (Å²) in [6.45, 7) is 5.88. The van der Waals surface area contributed by atoms with E-state index in [2.05, 4.69) is 10.6 Å². The van der Waals surface area contributed by atoms with Crippen LogP contribution in [0.15, 0.2) is 0 Å². The van der Waals surface area contributed by atoms with Crippen LogP contribution < -0.4 is 10.6 Å². The van der Waals surface area contributed by atoms with Crippen molar-refractivity contribution in [2.75, 3.05) is 26.2 Å². The van der Waals surface area contributed by atoms with Gasteiger partial charge in [0.2, 0.25) is 0 Å². The Labute approximate surface area is 74.5 Å². The quantitative estimate of drug-likeness (QED) is 0.557. The lowest BCUT2D eigenvalue weighted by atomic mass is 10.00. The molecule has 3 N–H and O–H groups in total. The number of hydrogen-bond acceptors (Lipinski definition) is 3. The van der Waals surface area contributed by atoms with Crippen LogP contribution in [0.3, 0.4) is 0 Å². The number of hydrogen-bond donors (Lipinski definition) is 3. The van der Waals surface area contributed by atoms with E-state index in [1.807, 2.05) is 6.92 Å². The first-order valence-electron chi connectivity index (χ1n) is 4.88. The van der Waals surface area contributed by atoms with Crippen LogP contribution in [0.5, 0.6) is 0 Å². The summed E-state index contributed by atoms with van der Waals surface area (Å²) in [4.78, 5) is 0. The second-order valence-corrected chi connectivity index (χ2v) is 3.72. The van der Waals surface area contributed by atoms with Crippen LogP contribution in [0.4, 0.5) is 0 Å². The summed E-state index contributed by atoms with van der Waals surface area (Å²) < 4.78 is 0. The summed E-state index contributed by atoms with van der Waals surface area (Å²) in [6.07, 6.45) is 2.39. The molecule has 0 amide bonds. The first-order valence-corrected chi connectivity index (χ1v) is 4.88.